The van der Waals surface area contributed by atoms with Crippen molar-refractivity contribution in [3.05, 3.63) is 10.1 Å². The lowest BCUT2D eigenvalue weighted by atomic mass is 11.3. The van der Waals surface area contributed by atoms with E-state index in [0.29, 0.717) is 0 Å². The molecule has 1 aromatic rings. The van der Waals surface area contributed by atoms with Gasteiger partial charge in [0.2, 0.25) is 0 Å². The zero-order valence-electron chi connectivity index (χ0n) is 3.26. The van der Waals surface area contributed by atoms with Gasteiger partial charge in [0, 0.05) is 7.05 Å². The summed E-state index contributed by atoms with van der Waals surface area (Å²) in [5, 5.41) is 0.0787. The Bertz CT molecular complexity index is 170. The molecule has 0 saturated heterocycles. The quantitative estimate of drug-likeness (QED) is 0.465. The van der Waals surface area contributed by atoms with E-state index in [1.165, 1.54) is 4.74 Å². The van der Waals surface area contributed by atoms with Gasteiger partial charge in [-0.25, -0.2) is 0 Å². The monoisotopic (exact) mass is 105 g/mol. The van der Waals surface area contributed by atoms with Crippen molar-refractivity contribution in [2.45, 2.75) is 0 Å². The summed E-state index contributed by atoms with van der Waals surface area (Å²) in [5.74, 6) is 0. The van der Waals surface area contributed by atoms with Crippen LogP contribution in [-0.4, -0.2) is 4.74 Å². The van der Waals surface area contributed by atoms with Gasteiger partial charge in [0.05, 0.1) is 0 Å². The number of aryl methyl sites for hydroxylation is 1. The Morgan fingerprint density at radius 3 is 2.50 bits per heavy atom. The molecular weight excluding hydrogens is 101 g/mol. The van der Waals surface area contributed by atoms with E-state index in [1.807, 2.05) is 0 Å². The lowest BCUT2D eigenvalue weighted by molar-refractivity contribution is 0.334. The van der Waals surface area contributed by atoms with Gasteiger partial charge in [-0.2, -0.15) is 4.74 Å². The highest BCUT2D eigenvalue weighted by Crippen LogP contribution is 1.91. The van der Waals surface area contributed by atoms with Crippen LogP contribution in [0.25, 0.3) is 0 Å². The second-order valence-electron chi connectivity index (χ2n) is 0.996. The SMILES string of the molecule is Cn1o[pH]c1=O. The van der Waals surface area contributed by atoms with Crippen LogP contribution in [0.3, 0.4) is 0 Å². The molecule has 0 aliphatic heterocycles. The number of nitrogens with zero attached hydrogens (tertiary/aromatic N) is 1. The van der Waals surface area contributed by atoms with Crippen LogP contribution in [0.15, 0.2) is 9.10 Å². The predicted molar refractivity (Wildman–Crippen MR) is 23.4 cm³/mol. The predicted octanol–water partition coefficient (Wildman–Crippen LogP) is 0.00960. The Morgan fingerprint density at radius 1 is 2.00 bits per heavy atom. The molecule has 1 rings (SSSR count). The van der Waals surface area contributed by atoms with Gasteiger partial charge in [0.25, 0.3) is 0 Å². The van der Waals surface area contributed by atoms with E-state index in [0.717, 1.165) is 0 Å². The standard InChI is InChI=1S/C2H4NO2P/c1-3-2(4)6-5-3/h6H,1H3. The van der Waals surface area contributed by atoms with Crippen molar-refractivity contribution in [3.63, 3.8) is 0 Å². The summed E-state index contributed by atoms with van der Waals surface area (Å²) >= 11 is 0. The normalized spacial score (nSPS) is 10.8. The van der Waals surface area contributed by atoms with Crippen molar-refractivity contribution in [1.29, 1.82) is 0 Å². The number of hydrogen-bond donors (Lipinski definition) is 0. The Kier molecular flexibility index (Phi) is 0.635. The van der Waals surface area contributed by atoms with Crippen molar-refractivity contribution in [3.8, 4) is 0 Å². The van der Waals surface area contributed by atoms with Gasteiger partial charge in [-0.15, -0.1) is 0 Å². The fraction of sp³-hybridized carbons (Fsp3) is 0.500. The summed E-state index contributed by atoms with van der Waals surface area (Å²) in [7, 11) is 1.66. The van der Waals surface area contributed by atoms with E-state index in [2.05, 4.69) is 4.30 Å². The Morgan fingerprint density at radius 2 is 2.50 bits per heavy atom. The minimum Gasteiger partial charge on any atom is -0.368 e. The number of aromatic nitrogens is 1. The van der Waals surface area contributed by atoms with Crippen molar-refractivity contribution < 1.29 is 4.30 Å². The van der Waals surface area contributed by atoms with Gasteiger partial charge in [-0.3, -0.25) is 4.79 Å². The highest BCUT2D eigenvalue weighted by molar-refractivity contribution is 7.21. The van der Waals surface area contributed by atoms with Crippen molar-refractivity contribution in [2.24, 2.45) is 7.05 Å². The highest BCUT2D eigenvalue weighted by Gasteiger charge is 1.88. The molecule has 6 heavy (non-hydrogen) atoms. The first-order valence-electron chi connectivity index (χ1n) is 1.51. The molecule has 0 aromatic carbocycles. The zero-order valence-corrected chi connectivity index (χ0v) is 4.26. The second kappa shape index (κ2) is 1.02. The van der Waals surface area contributed by atoms with Crippen LogP contribution in [0.5, 0.6) is 0 Å². The third kappa shape index (κ3) is 0.321. The van der Waals surface area contributed by atoms with Crippen LogP contribution in [-0.2, 0) is 7.05 Å². The molecule has 0 N–H and O–H groups in total. The maximum Gasteiger partial charge on any atom is 0.330 e. The average Bonchev–Trinajstić information content (AvgIpc) is 1.61. The molecule has 1 unspecified atom stereocenters. The van der Waals surface area contributed by atoms with Gasteiger partial charge in [-0.05, 0) is 0 Å². The lowest BCUT2D eigenvalue weighted by Crippen LogP contribution is -2.12. The molecule has 1 atom stereocenters. The maximum atomic E-state index is 10.0. The number of rotatable bonds is 0. The van der Waals surface area contributed by atoms with Crippen molar-refractivity contribution in [2.75, 3.05) is 0 Å². The molecule has 0 amide bonds. The molecule has 4 heteroatoms. The smallest absolute Gasteiger partial charge is 0.330 e. The number of hydrogen-bond acceptors (Lipinski definition) is 2. The molecular formula is C2H4NO2P. The molecule has 0 aliphatic carbocycles. The molecule has 0 radical (unpaired) electrons. The largest absolute Gasteiger partial charge is 0.368 e. The first kappa shape index (κ1) is 3.75. The van der Waals surface area contributed by atoms with E-state index < -0.39 is 0 Å². The third-order valence-corrected chi connectivity index (χ3v) is 1.41. The van der Waals surface area contributed by atoms with Crippen LogP contribution in [0, 0.1) is 0 Å². The minimum absolute atomic E-state index is 0.0621. The molecule has 34 valence electrons. The van der Waals surface area contributed by atoms with E-state index in [-0.39, 0.29) is 13.7 Å². The maximum absolute atomic E-state index is 10.0. The minimum atomic E-state index is 0.0621. The Balaban J connectivity index is 3.19. The molecule has 3 nitrogen and oxygen atoms in total. The van der Waals surface area contributed by atoms with Crippen LogP contribution in [0.4, 0.5) is 0 Å². The topological polar surface area (TPSA) is 35.1 Å². The average molecular weight is 105 g/mol. The molecule has 0 spiro atoms. The molecule has 1 heterocycles. The zero-order chi connectivity index (χ0) is 4.57. The molecule has 0 bridgehead atoms. The summed E-state index contributed by atoms with van der Waals surface area (Å²) in [6.45, 7) is 0. The first-order valence-corrected chi connectivity index (χ1v) is 2.42. The molecule has 1 aromatic heterocycles. The van der Waals surface area contributed by atoms with Gasteiger partial charge in [0.15, 0.2) is 0 Å². The Labute approximate surface area is 35.7 Å². The third-order valence-electron chi connectivity index (χ3n) is 0.556. The van der Waals surface area contributed by atoms with Crippen LogP contribution in [0.2, 0.25) is 0 Å². The van der Waals surface area contributed by atoms with Crippen LogP contribution >= 0.6 is 8.43 Å². The van der Waals surface area contributed by atoms with Crippen molar-refractivity contribution >= 4 is 8.43 Å². The van der Waals surface area contributed by atoms with E-state index in [9.17, 15) is 4.79 Å². The summed E-state index contributed by atoms with van der Waals surface area (Å²) in [5.41, 5.74) is 0. The summed E-state index contributed by atoms with van der Waals surface area (Å²) < 4.78 is 5.78. The van der Waals surface area contributed by atoms with E-state index in [1.54, 1.807) is 7.05 Å². The Hall–Kier alpha value is -0.430. The van der Waals surface area contributed by atoms with Crippen LogP contribution < -0.4 is 5.29 Å². The summed E-state index contributed by atoms with van der Waals surface area (Å²) in [4.78, 5) is 10.0. The molecule has 0 saturated carbocycles. The van der Waals surface area contributed by atoms with E-state index >= 15 is 0 Å². The van der Waals surface area contributed by atoms with Crippen molar-refractivity contribution in [1.82, 2.24) is 4.74 Å². The van der Waals surface area contributed by atoms with E-state index in [4.69, 9.17) is 0 Å². The fourth-order valence-corrected chi connectivity index (χ4v) is 0.523. The lowest BCUT2D eigenvalue weighted by Gasteiger charge is -1.92. The fourth-order valence-electron chi connectivity index (χ4n) is 0.174. The molecule has 0 aliphatic rings. The van der Waals surface area contributed by atoms with Gasteiger partial charge < -0.3 is 4.30 Å². The summed E-state index contributed by atoms with van der Waals surface area (Å²) in [6.07, 6.45) is 0. The highest BCUT2D eigenvalue weighted by atomic mass is 31.1. The summed E-state index contributed by atoms with van der Waals surface area (Å²) in [6, 6.07) is 0. The first-order chi connectivity index (χ1) is 2.80. The van der Waals surface area contributed by atoms with Gasteiger partial charge in [-0.1, -0.05) is 0 Å². The second-order valence-corrected chi connectivity index (χ2v) is 1.81. The van der Waals surface area contributed by atoms with Crippen LogP contribution in [0.1, 0.15) is 0 Å². The van der Waals surface area contributed by atoms with Gasteiger partial charge >= 0.3 is 5.29 Å². The molecule has 0 fully saturated rings. The van der Waals surface area contributed by atoms with Gasteiger partial charge in [0.1, 0.15) is 8.43 Å².